The zero-order valence-electron chi connectivity index (χ0n) is 22.0. The summed E-state index contributed by atoms with van der Waals surface area (Å²) in [7, 11) is 1.61. The van der Waals surface area contributed by atoms with Crippen LogP contribution in [-0.2, 0) is 6.42 Å². The Morgan fingerprint density at radius 3 is 2.50 bits per heavy atom. The van der Waals surface area contributed by atoms with E-state index in [0.29, 0.717) is 5.88 Å². The van der Waals surface area contributed by atoms with E-state index >= 15 is 0 Å². The predicted octanol–water partition coefficient (Wildman–Crippen LogP) is 5.96. The molecule has 1 fully saturated rings. The Bertz CT molecular complexity index is 1560. The Labute approximate surface area is 228 Å². The molecule has 0 spiro atoms. The Balaban J connectivity index is 1.15. The number of nitrogens with one attached hydrogen (secondary N) is 1. The molecule has 0 amide bonds. The van der Waals surface area contributed by atoms with E-state index in [2.05, 4.69) is 35.6 Å². The molecule has 11 heteroatoms. The van der Waals surface area contributed by atoms with E-state index in [4.69, 9.17) is 9.72 Å². The van der Waals surface area contributed by atoms with Crippen molar-refractivity contribution >= 4 is 17.5 Å². The normalized spacial score (nSPS) is 15.6. The van der Waals surface area contributed by atoms with E-state index in [1.165, 1.54) is 12.1 Å². The molecular weight excluding hydrogens is 521 g/mol. The molecule has 40 heavy (non-hydrogen) atoms. The molecule has 4 heterocycles. The molecule has 1 saturated heterocycles. The number of aryl methyl sites for hydroxylation is 1. The molecule has 3 aromatic heterocycles. The largest absolute Gasteiger partial charge is 0.573 e. The number of nitrogens with zero attached hydrogens (tertiary/aromatic N) is 5. The van der Waals surface area contributed by atoms with Gasteiger partial charge in [0.2, 0.25) is 5.88 Å². The molecule has 0 atom stereocenters. The van der Waals surface area contributed by atoms with Gasteiger partial charge in [0.25, 0.3) is 0 Å². The highest BCUT2D eigenvalue weighted by Gasteiger charge is 2.31. The van der Waals surface area contributed by atoms with Crippen molar-refractivity contribution in [3.63, 3.8) is 0 Å². The summed E-state index contributed by atoms with van der Waals surface area (Å²) in [6, 6.07) is 9.70. The summed E-state index contributed by atoms with van der Waals surface area (Å²) in [5.41, 5.74) is 6.62. The number of hydrogen-bond donors (Lipinski definition) is 1. The number of piperidine rings is 1. The standard InChI is InChI=1S/C29H27F3N6O2/c1-17-26(18-3-5-22(6-4-18)40-29(30,31)32)37-27(36-17)19-8-11-38(12-9-19)28-23-13-21(14-24(23)34-16-35-28)20-7-10-33-25(15-20)39-2/h3-7,10,13,15-16,19H,8-9,11-12,14H2,1-2H3,(H,36,37). The van der Waals surface area contributed by atoms with Crippen LogP contribution in [0.25, 0.3) is 22.9 Å². The Kier molecular flexibility index (Phi) is 6.65. The first-order chi connectivity index (χ1) is 19.3. The SMILES string of the molecule is COc1cc(C2=Cc3c(ncnc3N3CCC(c4nc(-c5ccc(OC(F)(F)F)cc5)c(C)[nH]4)CC3)C2)ccn1. The van der Waals surface area contributed by atoms with Gasteiger partial charge in [-0.1, -0.05) is 0 Å². The van der Waals surface area contributed by atoms with Crippen molar-refractivity contribution < 1.29 is 22.6 Å². The van der Waals surface area contributed by atoms with Crippen molar-refractivity contribution in [2.75, 3.05) is 25.1 Å². The van der Waals surface area contributed by atoms with Crippen molar-refractivity contribution in [2.24, 2.45) is 0 Å². The van der Waals surface area contributed by atoms with Gasteiger partial charge in [-0.15, -0.1) is 13.2 Å². The zero-order chi connectivity index (χ0) is 27.9. The highest BCUT2D eigenvalue weighted by atomic mass is 19.4. The van der Waals surface area contributed by atoms with Crippen LogP contribution < -0.4 is 14.4 Å². The summed E-state index contributed by atoms with van der Waals surface area (Å²) in [5.74, 6) is 2.39. The molecule has 6 rings (SSSR count). The number of H-pyrrole nitrogens is 1. The number of hydrogen-bond acceptors (Lipinski definition) is 7. The van der Waals surface area contributed by atoms with Gasteiger partial charge >= 0.3 is 6.36 Å². The molecule has 1 N–H and O–H groups in total. The maximum atomic E-state index is 12.5. The lowest BCUT2D eigenvalue weighted by molar-refractivity contribution is -0.274. The number of halogens is 3. The Morgan fingerprint density at radius 1 is 1.00 bits per heavy atom. The first-order valence-corrected chi connectivity index (χ1v) is 13.0. The molecular formula is C29H27F3N6O2. The number of alkyl halides is 3. The fraction of sp³-hybridized carbons (Fsp3) is 0.310. The van der Waals surface area contributed by atoms with E-state index < -0.39 is 6.36 Å². The molecule has 0 saturated carbocycles. The molecule has 1 aliphatic carbocycles. The van der Waals surface area contributed by atoms with Crippen LogP contribution >= 0.6 is 0 Å². The minimum absolute atomic E-state index is 0.238. The zero-order valence-corrected chi connectivity index (χ0v) is 22.0. The van der Waals surface area contributed by atoms with Gasteiger partial charge < -0.3 is 19.4 Å². The number of allylic oxidation sites excluding steroid dienone is 1. The number of aromatic nitrogens is 5. The van der Waals surface area contributed by atoms with Crippen LogP contribution in [0.5, 0.6) is 11.6 Å². The monoisotopic (exact) mass is 548 g/mol. The first-order valence-electron chi connectivity index (χ1n) is 13.0. The number of aromatic amines is 1. The molecule has 2 aliphatic rings. The van der Waals surface area contributed by atoms with Crippen LogP contribution in [0.3, 0.4) is 0 Å². The summed E-state index contributed by atoms with van der Waals surface area (Å²) >= 11 is 0. The van der Waals surface area contributed by atoms with E-state index in [0.717, 1.165) is 83.3 Å². The van der Waals surface area contributed by atoms with Crippen molar-refractivity contribution in [3.8, 4) is 22.9 Å². The third-order valence-corrected chi connectivity index (χ3v) is 7.38. The second-order valence-electron chi connectivity index (χ2n) is 9.92. The quantitative estimate of drug-likeness (QED) is 0.318. The van der Waals surface area contributed by atoms with E-state index in [1.54, 1.807) is 31.8 Å². The number of methoxy groups -OCH3 is 1. The number of ether oxygens (including phenoxy) is 2. The van der Waals surface area contributed by atoms with Crippen LogP contribution in [0.1, 0.15) is 47.1 Å². The second kappa shape index (κ2) is 10.3. The highest BCUT2D eigenvalue weighted by molar-refractivity contribution is 5.91. The van der Waals surface area contributed by atoms with E-state index in [-0.39, 0.29) is 11.7 Å². The van der Waals surface area contributed by atoms with Crippen LogP contribution in [0.15, 0.2) is 48.9 Å². The van der Waals surface area contributed by atoms with Gasteiger partial charge in [-0.05, 0) is 67.3 Å². The smallest absolute Gasteiger partial charge is 0.481 e. The average molecular weight is 549 g/mol. The maximum Gasteiger partial charge on any atom is 0.573 e. The van der Waals surface area contributed by atoms with Crippen LogP contribution in [-0.4, -0.2) is 51.5 Å². The fourth-order valence-corrected chi connectivity index (χ4v) is 5.41. The third kappa shape index (κ3) is 5.23. The molecule has 1 aliphatic heterocycles. The van der Waals surface area contributed by atoms with Crippen LogP contribution in [0.4, 0.5) is 19.0 Å². The average Bonchev–Trinajstić information content (AvgIpc) is 3.57. The number of anilines is 1. The van der Waals surface area contributed by atoms with Gasteiger partial charge in [-0.3, -0.25) is 0 Å². The van der Waals surface area contributed by atoms with E-state index in [9.17, 15) is 13.2 Å². The van der Waals surface area contributed by atoms with Gasteiger partial charge in [0, 0.05) is 54.5 Å². The second-order valence-corrected chi connectivity index (χ2v) is 9.92. The van der Waals surface area contributed by atoms with Crippen molar-refractivity contribution in [1.29, 1.82) is 0 Å². The molecule has 1 aromatic carbocycles. The van der Waals surface area contributed by atoms with Crippen LogP contribution in [0, 0.1) is 6.92 Å². The summed E-state index contributed by atoms with van der Waals surface area (Å²) < 4.78 is 46.7. The predicted molar refractivity (Wildman–Crippen MR) is 144 cm³/mol. The number of benzene rings is 1. The summed E-state index contributed by atoms with van der Waals surface area (Å²) in [6.45, 7) is 3.56. The molecule has 4 aromatic rings. The van der Waals surface area contributed by atoms with Gasteiger partial charge in [-0.25, -0.2) is 19.9 Å². The van der Waals surface area contributed by atoms with Crippen LogP contribution in [0.2, 0.25) is 0 Å². The molecule has 206 valence electrons. The lowest BCUT2D eigenvalue weighted by Crippen LogP contribution is -2.34. The van der Waals surface area contributed by atoms with Gasteiger partial charge in [0.05, 0.1) is 18.5 Å². The number of rotatable bonds is 6. The summed E-state index contributed by atoms with van der Waals surface area (Å²) in [4.78, 5) is 23.9. The van der Waals surface area contributed by atoms with Gasteiger partial charge in [-0.2, -0.15) is 0 Å². The molecule has 8 nitrogen and oxygen atoms in total. The summed E-state index contributed by atoms with van der Waals surface area (Å²) in [5, 5.41) is 0. The molecule has 0 unspecified atom stereocenters. The minimum Gasteiger partial charge on any atom is -0.481 e. The molecule has 0 bridgehead atoms. The van der Waals surface area contributed by atoms with Gasteiger partial charge in [0.15, 0.2) is 0 Å². The Hall–Kier alpha value is -4.41. The fourth-order valence-electron chi connectivity index (χ4n) is 5.41. The summed E-state index contributed by atoms with van der Waals surface area (Å²) in [6.07, 6.45) is 3.34. The van der Waals surface area contributed by atoms with Gasteiger partial charge in [0.1, 0.15) is 23.7 Å². The number of imidazole rings is 1. The van der Waals surface area contributed by atoms with E-state index in [1.807, 2.05) is 19.1 Å². The van der Waals surface area contributed by atoms with Crippen molar-refractivity contribution in [2.45, 2.75) is 38.5 Å². The first kappa shape index (κ1) is 25.8. The maximum absolute atomic E-state index is 12.5. The molecule has 0 radical (unpaired) electrons. The minimum atomic E-state index is -4.72. The van der Waals surface area contributed by atoms with Crippen molar-refractivity contribution in [1.82, 2.24) is 24.9 Å². The highest BCUT2D eigenvalue weighted by Crippen LogP contribution is 2.38. The Morgan fingerprint density at radius 2 is 1.77 bits per heavy atom. The lowest BCUT2D eigenvalue weighted by Gasteiger charge is -2.32. The number of fused-ring (bicyclic) bond motifs is 1. The number of pyridine rings is 1. The topological polar surface area (TPSA) is 89.0 Å². The van der Waals surface area contributed by atoms with Crippen molar-refractivity contribution in [3.05, 3.63) is 77.3 Å². The third-order valence-electron chi connectivity index (χ3n) is 7.38. The lowest BCUT2D eigenvalue weighted by atomic mass is 9.96.